The summed E-state index contributed by atoms with van der Waals surface area (Å²) in [6.45, 7) is -0.0418. The predicted molar refractivity (Wildman–Crippen MR) is 118 cm³/mol. The average molecular weight is 451 g/mol. The predicted octanol–water partition coefficient (Wildman–Crippen LogP) is 2.28. The van der Waals surface area contributed by atoms with Gasteiger partial charge >= 0.3 is 5.97 Å². The Bertz CT molecular complexity index is 1100. The number of carboxylic acid groups (broad SMARTS) is 1. The van der Waals surface area contributed by atoms with Crippen LogP contribution in [0.1, 0.15) is 24.8 Å². The van der Waals surface area contributed by atoms with Gasteiger partial charge in [0.2, 0.25) is 5.88 Å². The number of aliphatic carboxylic acids is 1. The Morgan fingerprint density at radius 3 is 2.39 bits per heavy atom. The standard InChI is InChI=1S/C24H25N3O6/c1-33-18-8-7-17(11-25-18)16-5-3-15(4-6-16)13-27-14-24(9-2-10-24)21(30)20(23(27)32)22(31)26-12-19(28)29/h3-8,11,30H,2,9-10,12-14H2,1H3,(H,26,31)(H,28,29). The van der Waals surface area contributed by atoms with E-state index in [1.165, 1.54) is 0 Å². The Hall–Kier alpha value is -3.88. The third-order valence-corrected chi connectivity index (χ3v) is 6.28. The van der Waals surface area contributed by atoms with Gasteiger partial charge in [-0.05, 0) is 30.0 Å². The van der Waals surface area contributed by atoms with Crippen LogP contribution in [0, 0.1) is 5.41 Å². The first kappa shape index (κ1) is 22.3. The molecule has 1 fully saturated rings. The zero-order valence-electron chi connectivity index (χ0n) is 18.2. The summed E-state index contributed by atoms with van der Waals surface area (Å²) < 4.78 is 5.08. The van der Waals surface area contributed by atoms with Gasteiger partial charge in [0, 0.05) is 36.3 Å². The first-order valence-corrected chi connectivity index (χ1v) is 10.7. The van der Waals surface area contributed by atoms with Gasteiger partial charge in [-0.2, -0.15) is 0 Å². The molecule has 1 aromatic carbocycles. The molecule has 4 rings (SSSR count). The number of carbonyl (C=O) groups is 3. The van der Waals surface area contributed by atoms with Crippen LogP contribution in [0.3, 0.4) is 0 Å². The van der Waals surface area contributed by atoms with Crippen molar-refractivity contribution in [2.75, 3.05) is 20.2 Å². The number of carboxylic acids is 1. The number of nitrogens with one attached hydrogen (secondary N) is 1. The van der Waals surface area contributed by atoms with E-state index in [9.17, 15) is 19.5 Å². The van der Waals surface area contributed by atoms with Gasteiger partial charge in [0.15, 0.2) is 0 Å². The van der Waals surface area contributed by atoms with Gasteiger partial charge in [-0.3, -0.25) is 14.4 Å². The summed E-state index contributed by atoms with van der Waals surface area (Å²) in [4.78, 5) is 42.2. The van der Waals surface area contributed by atoms with E-state index in [1.807, 2.05) is 30.3 Å². The van der Waals surface area contributed by atoms with Crippen LogP contribution in [0.4, 0.5) is 0 Å². The Morgan fingerprint density at radius 1 is 1.15 bits per heavy atom. The normalized spacial score (nSPS) is 17.0. The number of hydrogen-bond donors (Lipinski definition) is 3. The maximum atomic E-state index is 13.1. The molecule has 1 aromatic heterocycles. The van der Waals surface area contributed by atoms with Gasteiger partial charge in [0.05, 0.1) is 7.11 Å². The van der Waals surface area contributed by atoms with E-state index in [4.69, 9.17) is 9.84 Å². The number of benzene rings is 1. The highest BCUT2D eigenvalue weighted by Gasteiger charge is 2.50. The molecule has 1 aliphatic carbocycles. The molecule has 2 amide bonds. The van der Waals surface area contributed by atoms with E-state index >= 15 is 0 Å². The quantitative estimate of drug-likeness (QED) is 0.551. The number of hydrogen-bond acceptors (Lipinski definition) is 6. The van der Waals surface area contributed by atoms with Crippen LogP contribution in [0.15, 0.2) is 53.9 Å². The molecule has 172 valence electrons. The van der Waals surface area contributed by atoms with Crippen molar-refractivity contribution < 1.29 is 29.3 Å². The summed E-state index contributed by atoms with van der Waals surface area (Å²) in [6, 6.07) is 11.4. The number of pyridine rings is 1. The summed E-state index contributed by atoms with van der Waals surface area (Å²) in [5, 5.41) is 21.8. The van der Waals surface area contributed by atoms with E-state index in [0.29, 0.717) is 25.3 Å². The summed E-state index contributed by atoms with van der Waals surface area (Å²) in [7, 11) is 1.56. The highest BCUT2D eigenvalue weighted by atomic mass is 16.5. The van der Waals surface area contributed by atoms with Crippen LogP contribution in [0.25, 0.3) is 11.1 Å². The minimum absolute atomic E-state index is 0.222. The molecule has 1 saturated carbocycles. The second-order valence-corrected chi connectivity index (χ2v) is 8.38. The molecular weight excluding hydrogens is 426 g/mol. The molecule has 33 heavy (non-hydrogen) atoms. The van der Waals surface area contributed by atoms with Crippen LogP contribution >= 0.6 is 0 Å². The number of amides is 2. The second-order valence-electron chi connectivity index (χ2n) is 8.38. The first-order valence-electron chi connectivity index (χ1n) is 10.7. The summed E-state index contributed by atoms with van der Waals surface area (Å²) in [6.07, 6.45) is 3.95. The van der Waals surface area contributed by atoms with Crippen molar-refractivity contribution in [1.82, 2.24) is 15.2 Å². The average Bonchev–Trinajstić information content (AvgIpc) is 2.79. The van der Waals surface area contributed by atoms with Crippen LogP contribution < -0.4 is 10.1 Å². The van der Waals surface area contributed by atoms with Crippen molar-refractivity contribution in [2.24, 2.45) is 5.41 Å². The highest BCUT2D eigenvalue weighted by Crippen LogP contribution is 2.50. The molecule has 0 atom stereocenters. The van der Waals surface area contributed by atoms with E-state index in [1.54, 1.807) is 24.3 Å². The fourth-order valence-electron chi connectivity index (χ4n) is 4.31. The zero-order valence-corrected chi connectivity index (χ0v) is 18.2. The van der Waals surface area contributed by atoms with Crippen LogP contribution in [-0.2, 0) is 20.9 Å². The Balaban J connectivity index is 1.53. The summed E-state index contributed by atoms with van der Waals surface area (Å²) in [5.74, 6) is -2.38. The van der Waals surface area contributed by atoms with Gasteiger partial charge in [-0.15, -0.1) is 0 Å². The largest absolute Gasteiger partial charge is 0.511 e. The maximum Gasteiger partial charge on any atom is 0.322 e. The number of rotatable bonds is 7. The number of nitrogens with zero attached hydrogens (tertiary/aromatic N) is 2. The van der Waals surface area contributed by atoms with Crippen molar-refractivity contribution in [1.29, 1.82) is 0 Å². The molecular formula is C24H25N3O6. The lowest BCUT2D eigenvalue weighted by Crippen LogP contribution is -2.53. The monoisotopic (exact) mass is 451 g/mol. The smallest absolute Gasteiger partial charge is 0.322 e. The van der Waals surface area contributed by atoms with E-state index in [2.05, 4.69) is 10.3 Å². The number of ether oxygens (including phenoxy) is 1. The second kappa shape index (κ2) is 8.93. The zero-order chi connectivity index (χ0) is 23.6. The molecule has 9 heteroatoms. The van der Waals surface area contributed by atoms with Gasteiger partial charge in [0.25, 0.3) is 11.8 Å². The van der Waals surface area contributed by atoms with Gasteiger partial charge in [-0.1, -0.05) is 30.7 Å². The van der Waals surface area contributed by atoms with E-state index < -0.39 is 29.7 Å². The van der Waals surface area contributed by atoms with Crippen LogP contribution in [0.2, 0.25) is 0 Å². The molecule has 3 N–H and O–H groups in total. The molecule has 2 aromatic rings. The lowest BCUT2D eigenvalue weighted by Gasteiger charge is -2.48. The lowest BCUT2D eigenvalue weighted by molar-refractivity contribution is -0.140. The third kappa shape index (κ3) is 4.39. The van der Waals surface area contributed by atoms with Gasteiger partial charge in [-0.25, -0.2) is 4.98 Å². The summed E-state index contributed by atoms with van der Waals surface area (Å²) in [5.41, 5.74) is 1.76. The lowest BCUT2D eigenvalue weighted by atomic mass is 9.64. The molecule has 9 nitrogen and oxygen atoms in total. The molecule has 0 bridgehead atoms. The van der Waals surface area contributed by atoms with Gasteiger partial charge < -0.3 is 25.2 Å². The number of methoxy groups -OCH3 is 1. The van der Waals surface area contributed by atoms with Crippen molar-refractivity contribution in [3.63, 3.8) is 0 Å². The van der Waals surface area contributed by atoms with Crippen molar-refractivity contribution >= 4 is 17.8 Å². The fraction of sp³-hybridized carbons (Fsp3) is 0.333. The highest BCUT2D eigenvalue weighted by molar-refractivity contribution is 6.19. The minimum Gasteiger partial charge on any atom is -0.511 e. The summed E-state index contributed by atoms with van der Waals surface area (Å²) >= 11 is 0. The molecule has 1 spiro atoms. The molecule has 0 unspecified atom stereocenters. The topological polar surface area (TPSA) is 129 Å². The van der Waals surface area contributed by atoms with E-state index in [-0.39, 0.29) is 17.9 Å². The third-order valence-electron chi connectivity index (χ3n) is 6.28. The van der Waals surface area contributed by atoms with E-state index in [0.717, 1.165) is 23.1 Å². The molecule has 2 aliphatic rings. The Morgan fingerprint density at radius 2 is 1.85 bits per heavy atom. The van der Waals surface area contributed by atoms with Crippen molar-refractivity contribution in [2.45, 2.75) is 25.8 Å². The number of aliphatic hydroxyl groups is 1. The van der Waals surface area contributed by atoms with Gasteiger partial charge in [0.1, 0.15) is 17.9 Å². The van der Waals surface area contributed by atoms with Crippen LogP contribution in [-0.4, -0.2) is 58.1 Å². The molecule has 2 heterocycles. The SMILES string of the molecule is COc1ccc(-c2ccc(CN3CC4(CCC4)C(O)=C(C(=O)NCC(=O)O)C3=O)cc2)cn1. The first-order chi connectivity index (χ1) is 15.8. The van der Waals surface area contributed by atoms with Crippen molar-refractivity contribution in [3.05, 3.63) is 59.5 Å². The van der Waals surface area contributed by atoms with Crippen molar-refractivity contribution in [3.8, 4) is 17.0 Å². The molecule has 1 aliphatic heterocycles. The Kier molecular flexibility index (Phi) is 6.04. The number of carbonyl (C=O) groups excluding carboxylic acids is 2. The molecule has 0 saturated heterocycles. The van der Waals surface area contributed by atoms with Crippen LogP contribution in [0.5, 0.6) is 5.88 Å². The number of aliphatic hydroxyl groups excluding tert-OH is 1. The minimum atomic E-state index is -1.23. The fourth-order valence-corrected chi connectivity index (χ4v) is 4.31. The Labute approximate surface area is 190 Å². The molecule has 0 radical (unpaired) electrons. The number of aromatic nitrogens is 1. The maximum absolute atomic E-state index is 13.1.